The molecular weight excluding hydrogens is 326 g/mol. The van der Waals surface area contributed by atoms with Gasteiger partial charge < -0.3 is 14.5 Å². The first kappa shape index (κ1) is 16.0. The first-order chi connectivity index (χ1) is 12.8. The molecule has 0 aliphatic carbocycles. The minimum absolute atomic E-state index is 0.190. The highest BCUT2D eigenvalue weighted by molar-refractivity contribution is 6.09. The largest absolute Gasteiger partial charge is 0.486 e. The summed E-state index contributed by atoms with van der Waals surface area (Å²) in [6.07, 6.45) is 1.50. The zero-order valence-corrected chi connectivity index (χ0v) is 14.0. The number of carbonyl (C=O) groups excluding carboxylic acids is 1. The summed E-state index contributed by atoms with van der Waals surface area (Å²) in [7, 11) is 0. The molecule has 0 aliphatic heterocycles. The van der Waals surface area contributed by atoms with Gasteiger partial charge in [-0.2, -0.15) is 0 Å². The fourth-order valence-electron chi connectivity index (χ4n) is 2.84. The lowest BCUT2D eigenvalue weighted by Gasteiger charge is -2.09. The van der Waals surface area contributed by atoms with Gasteiger partial charge in [0.25, 0.3) is 5.91 Å². The third-order valence-electron chi connectivity index (χ3n) is 4.14. The fraction of sp³-hybridized carbons (Fsp3) is 0.0455. The topological polar surface area (TPSA) is 51.5 Å². The number of hydrogen-bond donors (Lipinski definition) is 1. The van der Waals surface area contributed by atoms with Crippen molar-refractivity contribution in [2.45, 2.75) is 6.61 Å². The number of fused-ring (bicyclic) bond motifs is 1. The van der Waals surface area contributed by atoms with Crippen molar-refractivity contribution in [2.24, 2.45) is 0 Å². The quantitative estimate of drug-likeness (QED) is 0.537. The van der Waals surface area contributed by atoms with Crippen LogP contribution in [0.3, 0.4) is 0 Å². The second kappa shape index (κ2) is 7.15. The van der Waals surface area contributed by atoms with Crippen molar-refractivity contribution in [3.8, 4) is 5.75 Å². The van der Waals surface area contributed by atoms with E-state index in [4.69, 9.17) is 9.15 Å². The number of amides is 1. The fourth-order valence-corrected chi connectivity index (χ4v) is 2.84. The normalized spacial score (nSPS) is 10.6. The van der Waals surface area contributed by atoms with Crippen LogP contribution in [0.15, 0.2) is 89.5 Å². The van der Waals surface area contributed by atoms with Gasteiger partial charge in [-0.1, -0.05) is 54.6 Å². The molecule has 0 aliphatic rings. The van der Waals surface area contributed by atoms with E-state index in [0.29, 0.717) is 11.3 Å². The molecule has 0 atom stereocenters. The van der Waals surface area contributed by atoms with Crippen LogP contribution in [0.25, 0.3) is 10.8 Å². The Morgan fingerprint density at radius 3 is 2.54 bits per heavy atom. The smallest absolute Gasteiger partial charge is 0.259 e. The lowest BCUT2D eigenvalue weighted by atomic mass is 10.1. The Morgan fingerprint density at radius 2 is 1.65 bits per heavy atom. The lowest BCUT2D eigenvalue weighted by molar-refractivity contribution is 0.102. The van der Waals surface area contributed by atoms with E-state index in [2.05, 4.69) is 5.32 Å². The molecule has 26 heavy (non-hydrogen) atoms. The molecule has 0 radical (unpaired) electrons. The average molecular weight is 343 g/mol. The van der Waals surface area contributed by atoms with Gasteiger partial charge in [-0.05, 0) is 29.7 Å². The Morgan fingerprint density at radius 1 is 0.885 bits per heavy atom. The van der Waals surface area contributed by atoms with Crippen LogP contribution in [0.2, 0.25) is 0 Å². The Labute approximate surface area is 151 Å². The minimum Gasteiger partial charge on any atom is -0.486 e. The van der Waals surface area contributed by atoms with E-state index in [0.717, 1.165) is 22.2 Å². The van der Waals surface area contributed by atoms with Crippen LogP contribution in [-0.4, -0.2) is 5.91 Å². The molecule has 0 bridgehead atoms. The summed E-state index contributed by atoms with van der Waals surface area (Å²) in [6, 6.07) is 24.8. The van der Waals surface area contributed by atoms with Crippen molar-refractivity contribution in [2.75, 3.05) is 5.32 Å². The Balaban J connectivity index is 1.53. The van der Waals surface area contributed by atoms with E-state index in [1.165, 1.54) is 6.26 Å². The molecule has 1 N–H and O–H groups in total. The highest BCUT2D eigenvalue weighted by Gasteiger charge is 2.16. The number of nitrogens with one attached hydrogen (secondary N) is 1. The van der Waals surface area contributed by atoms with Gasteiger partial charge in [-0.25, -0.2) is 0 Å². The molecule has 0 saturated heterocycles. The third kappa shape index (κ3) is 3.30. The third-order valence-corrected chi connectivity index (χ3v) is 4.14. The van der Waals surface area contributed by atoms with Gasteiger partial charge in [0.2, 0.25) is 0 Å². The molecule has 4 rings (SSSR count). The summed E-state index contributed by atoms with van der Waals surface area (Å²) in [5.41, 5.74) is 1.23. The average Bonchev–Trinajstić information content (AvgIpc) is 3.16. The van der Waals surface area contributed by atoms with E-state index in [-0.39, 0.29) is 12.5 Å². The second-order valence-corrected chi connectivity index (χ2v) is 5.84. The van der Waals surface area contributed by atoms with Crippen LogP contribution in [0.5, 0.6) is 5.75 Å². The second-order valence-electron chi connectivity index (χ2n) is 5.84. The van der Waals surface area contributed by atoms with Crippen molar-refractivity contribution >= 4 is 22.4 Å². The van der Waals surface area contributed by atoms with Crippen molar-refractivity contribution in [1.29, 1.82) is 0 Å². The molecule has 4 nitrogen and oxygen atoms in total. The van der Waals surface area contributed by atoms with Crippen LogP contribution in [-0.2, 0) is 6.61 Å². The molecule has 0 spiro atoms. The molecular formula is C22H17NO3. The number of rotatable bonds is 5. The van der Waals surface area contributed by atoms with Crippen LogP contribution in [0.1, 0.15) is 16.1 Å². The van der Waals surface area contributed by atoms with Crippen LogP contribution in [0.4, 0.5) is 5.69 Å². The summed E-state index contributed by atoms with van der Waals surface area (Å²) in [5, 5.41) is 5.04. The van der Waals surface area contributed by atoms with E-state index < -0.39 is 0 Å². The predicted molar refractivity (Wildman–Crippen MR) is 101 cm³/mol. The number of furan rings is 1. The number of carbonyl (C=O) groups is 1. The van der Waals surface area contributed by atoms with Crippen LogP contribution >= 0.6 is 0 Å². The molecule has 0 fully saturated rings. The van der Waals surface area contributed by atoms with Crippen molar-refractivity contribution < 1.29 is 13.9 Å². The van der Waals surface area contributed by atoms with E-state index in [1.54, 1.807) is 6.07 Å². The van der Waals surface area contributed by atoms with Gasteiger partial charge in [0.1, 0.15) is 12.4 Å². The molecule has 0 unspecified atom stereocenters. The van der Waals surface area contributed by atoms with Gasteiger partial charge in [0.15, 0.2) is 5.76 Å². The number of hydrogen-bond acceptors (Lipinski definition) is 3. The van der Waals surface area contributed by atoms with E-state index in [9.17, 15) is 4.79 Å². The lowest BCUT2D eigenvalue weighted by Crippen LogP contribution is -2.14. The molecule has 3 aromatic carbocycles. The number of benzene rings is 3. The number of ether oxygens (including phenoxy) is 1. The predicted octanol–water partition coefficient (Wildman–Crippen LogP) is 5.26. The number of anilines is 1. The first-order valence-electron chi connectivity index (χ1n) is 8.34. The summed E-state index contributed by atoms with van der Waals surface area (Å²) in [6.45, 7) is 0.190. The van der Waals surface area contributed by atoms with Crippen molar-refractivity contribution in [3.05, 3.63) is 96.4 Å². The molecule has 1 aromatic heterocycles. The maximum Gasteiger partial charge on any atom is 0.259 e. The highest BCUT2D eigenvalue weighted by atomic mass is 16.5. The summed E-state index contributed by atoms with van der Waals surface area (Å²) in [4.78, 5) is 12.7. The molecule has 1 heterocycles. The SMILES string of the molecule is O=C(Nc1cccc2ccccc12)c1ccoc1COc1ccccc1. The Kier molecular flexibility index (Phi) is 4.39. The summed E-state index contributed by atoms with van der Waals surface area (Å²) < 4.78 is 11.1. The van der Waals surface area contributed by atoms with E-state index in [1.807, 2.05) is 72.8 Å². The zero-order valence-electron chi connectivity index (χ0n) is 14.0. The highest BCUT2D eigenvalue weighted by Crippen LogP contribution is 2.24. The first-order valence-corrected chi connectivity index (χ1v) is 8.34. The maximum atomic E-state index is 12.7. The minimum atomic E-state index is -0.221. The molecule has 4 aromatic rings. The van der Waals surface area contributed by atoms with Crippen LogP contribution in [0, 0.1) is 0 Å². The van der Waals surface area contributed by atoms with Crippen molar-refractivity contribution in [1.82, 2.24) is 0 Å². The molecule has 0 saturated carbocycles. The zero-order chi connectivity index (χ0) is 17.8. The standard InChI is InChI=1S/C22H17NO3/c24-22(23-20-12-6-8-16-7-4-5-11-18(16)20)19-13-14-25-21(19)15-26-17-9-2-1-3-10-17/h1-14H,15H2,(H,23,24). The molecule has 4 heteroatoms. The summed E-state index contributed by atoms with van der Waals surface area (Å²) in [5.74, 6) is 0.998. The summed E-state index contributed by atoms with van der Waals surface area (Å²) >= 11 is 0. The Hall–Kier alpha value is -3.53. The van der Waals surface area contributed by atoms with Gasteiger partial charge in [0.05, 0.1) is 11.8 Å². The van der Waals surface area contributed by atoms with Crippen molar-refractivity contribution in [3.63, 3.8) is 0 Å². The molecule has 128 valence electrons. The van der Waals surface area contributed by atoms with E-state index >= 15 is 0 Å². The van der Waals surface area contributed by atoms with Crippen LogP contribution < -0.4 is 10.1 Å². The Bertz CT molecular complexity index is 1030. The van der Waals surface area contributed by atoms with Gasteiger partial charge >= 0.3 is 0 Å². The maximum absolute atomic E-state index is 12.7. The van der Waals surface area contributed by atoms with Gasteiger partial charge in [0, 0.05) is 11.1 Å². The van der Waals surface area contributed by atoms with Gasteiger partial charge in [-0.3, -0.25) is 4.79 Å². The monoisotopic (exact) mass is 343 g/mol. The number of para-hydroxylation sites is 1. The van der Waals surface area contributed by atoms with Gasteiger partial charge in [-0.15, -0.1) is 0 Å². The molecule has 1 amide bonds.